The minimum atomic E-state index is -1.08. The molecule has 0 aromatic heterocycles. The molecule has 0 unspecified atom stereocenters. The number of aliphatic hydroxyl groups excluding tert-OH is 3. The predicted octanol–water partition coefficient (Wildman–Crippen LogP) is 2.77. The molecule has 2 aliphatic rings. The summed E-state index contributed by atoms with van der Waals surface area (Å²) in [5, 5.41) is 33.1. The fourth-order valence-corrected chi connectivity index (χ4v) is 5.93. The van der Waals surface area contributed by atoms with Gasteiger partial charge in [-0.25, -0.2) is 0 Å². The van der Waals surface area contributed by atoms with Gasteiger partial charge in [-0.1, -0.05) is 26.7 Å². The number of carbonyl (C=O) groups excluding carboxylic acids is 2. The number of rotatable bonds is 12. The van der Waals surface area contributed by atoms with Crippen LogP contribution in [0.1, 0.15) is 57.9 Å². The van der Waals surface area contributed by atoms with Gasteiger partial charge in [-0.05, 0) is 71.5 Å². The highest BCUT2D eigenvalue weighted by Gasteiger charge is 2.42. The topological polar surface area (TPSA) is 129 Å². The zero-order valence-electron chi connectivity index (χ0n) is 22.5. The molecule has 1 aromatic carbocycles. The Kier molecular flexibility index (Phi) is 11.7. The van der Waals surface area contributed by atoms with Crippen LogP contribution in [-0.2, 0) is 16.2 Å². The molecular formula is C28H41IN2O7. The van der Waals surface area contributed by atoms with Gasteiger partial charge < -0.3 is 35.0 Å². The Labute approximate surface area is 238 Å². The van der Waals surface area contributed by atoms with Gasteiger partial charge in [0, 0.05) is 31.0 Å². The number of hydrogen-bond acceptors (Lipinski definition) is 7. The van der Waals surface area contributed by atoms with E-state index in [1.165, 1.54) is 7.11 Å². The lowest BCUT2D eigenvalue weighted by atomic mass is 9.87. The van der Waals surface area contributed by atoms with Crippen LogP contribution < -0.4 is 14.8 Å². The van der Waals surface area contributed by atoms with Crippen LogP contribution in [-0.4, -0.2) is 77.1 Å². The van der Waals surface area contributed by atoms with Crippen LogP contribution in [0.2, 0.25) is 0 Å². The van der Waals surface area contributed by atoms with Crippen molar-refractivity contribution in [3.05, 3.63) is 32.9 Å². The van der Waals surface area contributed by atoms with Crippen LogP contribution in [0.3, 0.4) is 0 Å². The molecule has 9 nitrogen and oxygen atoms in total. The van der Waals surface area contributed by atoms with E-state index in [2.05, 4.69) is 41.8 Å². The van der Waals surface area contributed by atoms with Crippen molar-refractivity contribution in [2.75, 3.05) is 26.8 Å². The van der Waals surface area contributed by atoms with Crippen LogP contribution in [0.5, 0.6) is 11.5 Å². The van der Waals surface area contributed by atoms with E-state index >= 15 is 0 Å². The number of hydrogen-bond donors (Lipinski definition) is 4. The summed E-state index contributed by atoms with van der Waals surface area (Å²) in [7, 11) is 1.50. The summed E-state index contributed by atoms with van der Waals surface area (Å²) < 4.78 is 12.5. The Hall–Kier alpha value is -1.89. The van der Waals surface area contributed by atoms with Gasteiger partial charge in [0.2, 0.25) is 11.8 Å². The molecule has 38 heavy (non-hydrogen) atoms. The number of aliphatic hydroxyl groups is 3. The van der Waals surface area contributed by atoms with Gasteiger partial charge in [0.25, 0.3) is 0 Å². The van der Waals surface area contributed by atoms with Gasteiger partial charge in [-0.2, -0.15) is 0 Å². The van der Waals surface area contributed by atoms with E-state index in [1.807, 2.05) is 0 Å². The zero-order chi connectivity index (χ0) is 27.8. The molecule has 0 saturated heterocycles. The van der Waals surface area contributed by atoms with E-state index in [-0.39, 0.29) is 43.9 Å². The summed E-state index contributed by atoms with van der Waals surface area (Å²) in [6.07, 6.45) is 4.27. The standard InChI is InChI=1S/C28H41IN2O7/c1-17(2)8-10-31(28(36)19-6-4-5-7-19)22-14-20(27(35)30-9-11-32)15-23(25(22)34)38-26-21(29)12-18(16-33)13-24(26)37-3/h12-13,15,17,19,22-23,25,32-34H,4-11,14,16H2,1-3H3,(H,30,35)/t22-,23+,25+/m1/s1. The fourth-order valence-electron chi connectivity index (χ4n) is 5.14. The second-order valence-electron chi connectivity index (χ2n) is 10.5. The monoisotopic (exact) mass is 644 g/mol. The quantitative estimate of drug-likeness (QED) is 0.258. The number of amides is 2. The van der Waals surface area contributed by atoms with E-state index < -0.39 is 18.2 Å². The Morgan fingerprint density at radius 1 is 1.21 bits per heavy atom. The lowest BCUT2D eigenvalue weighted by molar-refractivity contribution is -0.143. The van der Waals surface area contributed by atoms with Crippen molar-refractivity contribution in [2.24, 2.45) is 11.8 Å². The summed E-state index contributed by atoms with van der Waals surface area (Å²) in [5.74, 6) is 0.742. The van der Waals surface area contributed by atoms with Crippen LogP contribution in [0, 0.1) is 15.4 Å². The molecule has 10 heteroatoms. The normalized spacial score (nSPS) is 21.8. The van der Waals surface area contributed by atoms with Crippen LogP contribution in [0.4, 0.5) is 0 Å². The van der Waals surface area contributed by atoms with Crippen molar-refractivity contribution >= 4 is 34.4 Å². The third kappa shape index (κ3) is 7.61. The van der Waals surface area contributed by atoms with E-state index in [1.54, 1.807) is 23.1 Å². The average molecular weight is 645 g/mol. The van der Waals surface area contributed by atoms with Crippen LogP contribution in [0.15, 0.2) is 23.8 Å². The second kappa shape index (κ2) is 14.5. The third-order valence-electron chi connectivity index (χ3n) is 7.28. The molecule has 0 aliphatic heterocycles. The summed E-state index contributed by atoms with van der Waals surface area (Å²) in [6.45, 7) is 4.42. The molecular weight excluding hydrogens is 603 g/mol. The number of methoxy groups -OCH3 is 1. The number of benzene rings is 1. The third-order valence-corrected chi connectivity index (χ3v) is 8.08. The maximum absolute atomic E-state index is 13.7. The Bertz CT molecular complexity index is 994. The highest BCUT2D eigenvalue weighted by Crippen LogP contribution is 2.38. The van der Waals surface area contributed by atoms with Gasteiger partial charge in [0.15, 0.2) is 11.5 Å². The smallest absolute Gasteiger partial charge is 0.247 e. The van der Waals surface area contributed by atoms with Gasteiger partial charge >= 0.3 is 0 Å². The van der Waals surface area contributed by atoms with Crippen molar-refractivity contribution in [1.29, 1.82) is 0 Å². The molecule has 1 fully saturated rings. The molecule has 1 saturated carbocycles. The first kappa shape index (κ1) is 30.6. The lowest BCUT2D eigenvalue weighted by Crippen LogP contribution is -2.56. The van der Waals surface area contributed by atoms with Gasteiger partial charge in [-0.15, -0.1) is 0 Å². The first-order valence-electron chi connectivity index (χ1n) is 13.4. The summed E-state index contributed by atoms with van der Waals surface area (Å²) in [4.78, 5) is 28.5. The molecule has 2 amide bonds. The highest BCUT2D eigenvalue weighted by atomic mass is 127. The molecule has 212 valence electrons. The molecule has 4 N–H and O–H groups in total. The number of carbonyl (C=O) groups is 2. The maximum Gasteiger partial charge on any atom is 0.247 e. The SMILES string of the molecule is COc1cc(CO)cc(I)c1O[C@H]1C=C(C(=O)NCCO)C[C@@H](N(CCC(C)C)C(=O)C2CCCC2)[C@@H]1O. The molecule has 0 heterocycles. The Morgan fingerprint density at radius 3 is 2.53 bits per heavy atom. The van der Waals surface area contributed by atoms with Crippen LogP contribution in [0.25, 0.3) is 0 Å². The summed E-state index contributed by atoms with van der Waals surface area (Å²) in [5.41, 5.74) is 1.05. The summed E-state index contributed by atoms with van der Waals surface area (Å²) in [6, 6.07) is 2.79. The fraction of sp³-hybridized carbons (Fsp3) is 0.643. The zero-order valence-corrected chi connectivity index (χ0v) is 24.6. The molecule has 0 radical (unpaired) electrons. The molecule has 3 atom stereocenters. The largest absolute Gasteiger partial charge is 0.493 e. The second-order valence-corrected chi connectivity index (χ2v) is 11.6. The van der Waals surface area contributed by atoms with E-state index in [4.69, 9.17) is 9.47 Å². The molecule has 2 aliphatic carbocycles. The number of nitrogens with zero attached hydrogens (tertiary/aromatic N) is 1. The minimum absolute atomic E-state index is 0.0300. The summed E-state index contributed by atoms with van der Waals surface area (Å²) >= 11 is 2.08. The number of nitrogens with one attached hydrogen (secondary N) is 1. The number of ether oxygens (including phenoxy) is 2. The van der Waals surface area contributed by atoms with E-state index in [9.17, 15) is 24.9 Å². The first-order valence-corrected chi connectivity index (χ1v) is 14.5. The maximum atomic E-state index is 13.7. The van der Waals surface area contributed by atoms with E-state index in [0.717, 1.165) is 32.1 Å². The van der Waals surface area contributed by atoms with Crippen molar-refractivity contribution in [3.63, 3.8) is 0 Å². The highest BCUT2D eigenvalue weighted by molar-refractivity contribution is 14.1. The number of halogens is 1. The van der Waals surface area contributed by atoms with Gasteiger partial charge in [-0.3, -0.25) is 9.59 Å². The van der Waals surface area contributed by atoms with Crippen molar-refractivity contribution < 1.29 is 34.4 Å². The molecule has 0 bridgehead atoms. The molecule has 1 aromatic rings. The Morgan fingerprint density at radius 2 is 1.92 bits per heavy atom. The Balaban J connectivity index is 1.99. The van der Waals surface area contributed by atoms with Crippen molar-refractivity contribution in [3.8, 4) is 11.5 Å². The molecule has 0 spiro atoms. The van der Waals surface area contributed by atoms with Crippen LogP contribution >= 0.6 is 22.6 Å². The van der Waals surface area contributed by atoms with E-state index in [0.29, 0.717) is 38.7 Å². The van der Waals surface area contributed by atoms with Crippen molar-refractivity contribution in [1.82, 2.24) is 10.2 Å². The van der Waals surface area contributed by atoms with Gasteiger partial charge in [0.05, 0.1) is 29.9 Å². The minimum Gasteiger partial charge on any atom is -0.493 e. The predicted molar refractivity (Wildman–Crippen MR) is 152 cm³/mol. The van der Waals surface area contributed by atoms with Gasteiger partial charge in [0.1, 0.15) is 12.2 Å². The lowest BCUT2D eigenvalue weighted by Gasteiger charge is -2.42. The first-order chi connectivity index (χ1) is 18.2. The average Bonchev–Trinajstić information content (AvgIpc) is 3.44. The molecule has 3 rings (SSSR count). The van der Waals surface area contributed by atoms with Crippen molar-refractivity contribution in [2.45, 2.75) is 77.2 Å².